The summed E-state index contributed by atoms with van der Waals surface area (Å²) in [6, 6.07) is 7.94. The summed E-state index contributed by atoms with van der Waals surface area (Å²) in [5.41, 5.74) is 4.77. The summed E-state index contributed by atoms with van der Waals surface area (Å²) in [5, 5.41) is 7.05. The number of amides is 1. The second-order valence-corrected chi connectivity index (χ2v) is 5.78. The molecule has 0 bridgehead atoms. The molecule has 0 radical (unpaired) electrons. The number of hydrogen-bond donors (Lipinski definition) is 1. The molecule has 6 heteroatoms. The predicted molar refractivity (Wildman–Crippen MR) is 96.5 cm³/mol. The molecule has 24 heavy (non-hydrogen) atoms. The van der Waals surface area contributed by atoms with E-state index in [0.29, 0.717) is 0 Å². The quantitative estimate of drug-likeness (QED) is 0.874. The van der Waals surface area contributed by atoms with Crippen molar-refractivity contribution < 1.29 is 9.53 Å². The van der Waals surface area contributed by atoms with Gasteiger partial charge in [0.1, 0.15) is 0 Å². The van der Waals surface area contributed by atoms with Crippen LogP contribution in [0, 0.1) is 20.8 Å². The van der Waals surface area contributed by atoms with E-state index in [1.807, 2.05) is 39.0 Å². The Morgan fingerprint density at radius 2 is 1.92 bits per heavy atom. The molecule has 0 atom stereocenters. The van der Waals surface area contributed by atoms with Crippen molar-refractivity contribution in [2.75, 3.05) is 23.3 Å². The third-order valence-electron chi connectivity index (χ3n) is 4.00. The second kappa shape index (κ2) is 7.86. The van der Waals surface area contributed by atoms with Gasteiger partial charge in [-0.05, 0) is 64.4 Å². The molecule has 1 amide bonds. The molecule has 1 aromatic carbocycles. The average molecular weight is 330 g/mol. The third kappa shape index (κ3) is 4.28. The summed E-state index contributed by atoms with van der Waals surface area (Å²) in [6.45, 7) is 12.1. The topological polar surface area (TPSA) is 59.4 Å². The van der Waals surface area contributed by atoms with Crippen molar-refractivity contribution in [1.29, 1.82) is 0 Å². The van der Waals surface area contributed by atoms with E-state index < -0.39 is 6.09 Å². The second-order valence-electron chi connectivity index (χ2n) is 5.78. The summed E-state index contributed by atoms with van der Waals surface area (Å²) >= 11 is 0. The SMILES string of the molecule is CCN(CC)c1ccc(NC(=O)OCn2nc(C)cc2C)c(C)c1. The Hall–Kier alpha value is -2.50. The molecule has 0 aliphatic heterocycles. The molecule has 0 aliphatic rings. The number of rotatable bonds is 6. The van der Waals surface area contributed by atoms with Crippen molar-refractivity contribution in [3.63, 3.8) is 0 Å². The van der Waals surface area contributed by atoms with Crippen LogP contribution in [-0.2, 0) is 11.5 Å². The Morgan fingerprint density at radius 3 is 2.46 bits per heavy atom. The number of aryl methyl sites for hydroxylation is 3. The van der Waals surface area contributed by atoms with Gasteiger partial charge < -0.3 is 9.64 Å². The monoisotopic (exact) mass is 330 g/mol. The molecule has 0 saturated carbocycles. The van der Waals surface area contributed by atoms with Crippen LogP contribution >= 0.6 is 0 Å². The Kier molecular flexibility index (Phi) is 5.84. The number of ether oxygens (including phenoxy) is 1. The standard InChI is InChI=1S/C18H26N4O2/c1-6-21(7-2)16-8-9-17(13(3)10-16)19-18(23)24-12-22-15(5)11-14(4)20-22/h8-11H,6-7,12H2,1-5H3,(H,19,23). The van der Waals surface area contributed by atoms with Crippen LogP contribution in [0.15, 0.2) is 24.3 Å². The minimum absolute atomic E-state index is 0.0993. The predicted octanol–water partition coefficient (Wildman–Crippen LogP) is 3.86. The molecule has 6 nitrogen and oxygen atoms in total. The number of anilines is 2. The zero-order valence-electron chi connectivity index (χ0n) is 15.1. The van der Waals surface area contributed by atoms with Crippen LogP contribution in [0.4, 0.5) is 16.2 Å². The highest BCUT2D eigenvalue weighted by atomic mass is 16.6. The largest absolute Gasteiger partial charge is 0.426 e. The molecule has 0 fully saturated rings. The molecule has 2 aromatic rings. The molecule has 1 heterocycles. The summed E-state index contributed by atoms with van der Waals surface area (Å²) in [4.78, 5) is 14.3. The van der Waals surface area contributed by atoms with Gasteiger partial charge in [-0.3, -0.25) is 5.32 Å². The molecule has 0 unspecified atom stereocenters. The lowest BCUT2D eigenvalue weighted by Gasteiger charge is -2.22. The number of benzene rings is 1. The molecule has 1 N–H and O–H groups in total. The van der Waals surface area contributed by atoms with E-state index >= 15 is 0 Å². The molecular weight excluding hydrogens is 304 g/mol. The van der Waals surface area contributed by atoms with Crippen LogP contribution in [0.25, 0.3) is 0 Å². The van der Waals surface area contributed by atoms with Crippen molar-refractivity contribution in [2.24, 2.45) is 0 Å². The molecular formula is C18H26N4O2. The highest BCUT2D eigenvalue weighted by Crippen LogP contribution is 2.22. The van der Waals surface area contributed by atoms with E-state index in [0.717, 1.165) is 41.4 Å². The third-order valence-corrected chi connectivity index (χ3v) is 4.00. The molecule has 1 aromatic heterocycles. The highest BCUT2D eigenvalue weighted by molar-refractivity contribution is 5.86. The summed E-state index contributed by atoms with van der Waals surface area (Å²) in [7, 11) is 0. The fraction of sp³-hybridized carbons (Fsp3) is 0.444. The van der Waals surface area contributed by atoms with Crippen LogP contribution in [0.2, 0.25) is 0 Å². The van der Waals surface area contributed by atoms with Crippen molar-refractivity contribution in [2.45, 2.75) is 41.3 Å². The van der Waals surface area contributed by atoms with Gasteiger partial charge in [0, 0.05) is 30.2 Å². The van der Waals surface area contributed by atoms with Gasteiger partial charge in [0.2, 0.25) is 0 Å². The number of carbonyl (C=O) groups is 1. The van der Waals surface area contributed by atoms with E-state index in [2.05, 4.69) is 35.2 Å². The van der Waals surface area contributed by atoms with Crippen LogP contribution in [0.3, 0.4) is 0 Å². The molecule has 0 aliphatic carbocycles. The smallest absolute Gasteiger partial charge is 0.413 e. The van der Waals surface area contributed by atoms with Crippen LogP contribution in [-0.4, -0.2) is 29.0 Å². The maximum absolute atomic E-state index is 12.0. The highest BCUT2D eigenvalue weighted by Gasteiger charge is 2.09. The van der Waals surface area contributed by atoms with E-state index in [4.69, 9.17) is 4.74 Å². The maximum Gasteiger partial charge on any atom is 0.413 e. The Bertz CT molecular complexity index is 705. The van der Waals surface area contributed by atoms with Gasteiger partial charge in [0.15, 0.2) is 6.73 Å². The van der Waals surface area contributed by atoms with Crippen molar-refractivity contribution >= 4 is 17.5 Å². The number of hydrogen-bond acceptors (Lipinski definition) is 4. The fourth-order valence-corrected chi connectivity index (χ4v) is 2.64. The fourth-order valence-electron chi connectivity index (χ4n) is 2.64. The molecule has 2 rings (SSSR count). The van der Waals surface area contributed by atoms with Crippen LogP contribution in [0.5, 0.6) is 0 Å². The van der Waals surface area contributed by atoms with Gasteiger partial charge in [-0.2, -0.15) is 5.10 Å². The lowest BCUT2D eigenvalue weighted by atomic mass is 10.1. The normalized spacial score (nSPS) is 10.5. The van der Waals surface area contributed by atoms with Gasteiger partial charge in [0.05, 0.1) is 5.69 Å². The van der Waals surface area contributed by atoms with Crippen LogP contribution < -0.4 is 10.2 Å². The van der Waals surface area contributed by atoms with Gasteiger partial charge in [-0.25, -0.2) is 9.48 Å². The van der Waals surface area contributed by atoms with Crippen LogP contribution in [0.1, 0.15) is 30.8 Å². The number of aromatic nitrogens is 2. The first kappa shape index (κ1) is 17.8. The number of nitrogens with zero attached hydrogens (tertiary/aromatic N) is 3. The van der Waals surface area contributed by atoms with Gasteiger partial charge in [-0.1, -0.05) is 0 Å². The zero-order valence-corrected chi connectivity index (χ0v) is 15.1. The summed E-state index contributed by atoms with van der Waals surface area (Å²) in [5.74, 6) is 0. The Labute approximate surface area is 143 Å². The van der Waals surface area contributed by atoms with E-state index in [1.165, 1.54) is 0 Å². The van der Waals surface area contributed by atoms with Gasteiger partial charge in [0.25, 0.3) is 0 Å². The lowest BCUT2D eigenvalue weighted by Crippen LogP contribution is -2.22. The zero-order chi connectivity index (χ0) is 17.7. The average Bonchev–Trinajstić information content (AvgIpc) is 2.87. The minimum Gasteiger partial charge on any atom is -0.426 e. The lowest BCUT2D eigenvalue weighted by molar-refractivity contribution is 0.120. The first-order chi connectivity index (χ1) is 11.4. The van der Waals surface area contributed by atoms with Gasteiger partial charge in [-0.15, -0.1) is 0 Å². The van der Waals surface area contributed by atoms with Gasteiger partial charge >= 0.3 is 6.09 Å². The van der Waals surface area contributed by atoms with E-state index in [9.17, 15) is 4.79 Å². The number of carbonyl (C=O) groups excluding carboxylic acids is 1. The first-order valence-corrected chi connectivity index (χ1v) is 8.25. The van der Waals surface area contributed by atoms with E-state index in [1.54, 1.807) is 4.68 Å². The minimum atomic E-state index is -0.485. The molecule has 130 valence electrons. The molecule has 0 spiro atoms. The number of nitrogens with one attached hydrogen (secondary N) is 1. The van der Waals surface area contributed by atoms with Crippen molar-refractivity contribution in [3.05, 3.63) is 41.2 Å². The summed E-state index contributed by atoms with van der Waals surface area (Å²) < 4.78 is 6.90. The first-order valence-electron chi connectivity index (χ1n) is 8.25. The maximum atomic E-state index is 12.0. The Balaban J connectivity index is 1.97. The van der Waals surface area contributed by atoms with E-state index in [-0.39, 0.29) is 6.73 Å². The van der Waals surface area contributed by atoms with Crippen molar-refractivity contribution in [1.82, 2.24) is 9.78 Å². The molecule has 0 saturated heterocycles. The van der Waals surface area contributed by atoms with Crippen molar-refractivity contribution in [3.8, 4) is 0 Å². The summed E-state index contributed by atoms with van der Waals surface area (Å²) in [6.07, 6.45) is -0.485. The Morgan fingerprint density at radius 1 is 1.21 bits per heavy atom.